The van der Waals surface area contributed by atoms with Gasteiger partial charge in [0.2, 0.25) is 0 Å². The Labute approximate surface area is 178 Å². The van der Waals surface area contributed by atoms with Crippen LogP contribution in [0.15, 0.2) is 53.7 Å². The van der Waals surface area contributed by atoms with Crippen molar-refractivity contribution < 1.29 is 0 Å². The summed E-state index contributed by atoms with van der Waals surface area (Å²) in [7, 11) is 1.80. The number of halogens is 2. The fraction of sp³-hybridized carbons (Fsp3) is 0.400. The third kappa shape index (κ3) is 8.36. The quantitative estimate of drug-likeness (QED) is 0.265. The van der Waals surface area contributed by atoms with Gasteiger partial charge in [0, 0.05) is 26.3 Å². The Morgan fingerprint density at radius 1 is 1.08 bits per heavy atom. The van der Waals surface area contributed by atoms with Crippen LogP contribution in [0.5, 0.6) is 0 Å². The summed E-state index contributed by atoms with van der Waals surface area (Å²) >= 11 is 5.80. The van der Waals surface area contributed by atoms with E-state index in [1.807, 2.05) is 18.3 Å². The van der Waals surface area contributed by atoms with E-state index in [-0.39, 0.29) is 29.4 Å². The molecule has 0 amide bonds. The first-order valence-corrected chi connectivity index (χ1v) is 8.95. The minimum atomic E-state index is 0. The molecule has 0 fully saturated rings. The minimum Gasteiger partial charge on any atom is -0.356 e. The van der Waals surface area contributed by atoms with Gasteiger partial charge in [-0.2, -0.15) is 0 Å². The Bertz CT molecular complexity index is 672. The predicted molar refractivity (Wildman–Crippen MR) is 122 cm³/mol. The highest BCUT2D eigenvalue weighted by Gasteiger charge is 2.18. The van der Waals surface area contributed by atoms with Gasteiger partial charge >= 0.3 is 0 Å². The summed E-state index contributed by atoms with van der Waals surface area (Å²) in [5, 5.41) is 7.30. The van der Waals surface area contributed by atoms with E-state index >= 15 is 0 Å². The number of hydrogen-bond donors (Lipinski definition) is 2. The zero-order chi connectivity index (χ0) is 18.1. The first kappa shape index (κ1) is 22.7. The van der Waals surface area contributed by atoms with Crippen LogP contribution in [0.3, 0.4) is 0 Å². The topological polar surface area (TPSA) is 49.3 Å². The van der Waals surface area contributed by atoms with Gasteiger partial charge in [0.1, 0.15) is 5.15 Å². The van der Waals surface area contributed by atoms with E-state index in [1.54, 1.807) is 7.05 Å². The van der Waals surface area contributed by atoms with Crippen LogP contribution in [-0.4, -0.2) is 31.1 Å². The lowest BCUT2D eigenvalue weighted by atomic mass is 9.86. The van der Waals surface area contributed by atoms with E-state index in [9.17, 15) is 0 Å². The maximum absolute atomic E-state index is 5.80. The van der Waals surface area contributed by atoms with Crippen molar-refractivity contribution in [3.8, 4) is 0 Å². The molecule has 6 heteroatoms. The lowest BCUT2D eigenvalue weighted by molar-refractivity contribution is 0.359. The zero-order valence-electron chi connectivity index (χ0n) is 15.6. The van der Waals surface area contributed by atoms with Crippen LogP contribution >= 0.6 is 35.6 Å². The molecule has 0 aliphatic rings. The molecule has 0 aliphatic carbocycles. The summed E-state index contributed by atoms with van der Waals surface area (Å²) in [6.45, 7) is 6.17. The monoisotopic (exact) mass is 486 g/mol. The molecule has 4 nitrogen and oxygen atoms in total. The molecule has 0 saturated heterocycles. The van der Waals surface area contributed by atoms with Crippen molar-refractivity contribution in [2.45, 2.75) is 26.7 Å². The molecule has 0 radical (unpaired) electrons. The highest BCUT2D eigenvalue weighted by atomic mass is 127. The van der Waals surface area contributed by atoms with Crippen LogP contribution in [-0.2, 0) is 12.8 Å². The van der Waals surface area contributed by atoms with E-state index in [2.05, 4.69) is 64.8 Å². The number of nitrogens with zero attached hydrogens (tertiary/aromatic N) is 2. The minimum absolute atomic E-state index is 0. The fourth-order valence-corrected chi connectivity index (χ4v) is 2.75. The first-order chi connectivity index (χ1) is 12.0. The second-order valence-corrected chi connectivity index (χ2v) is 7.31. The molecule has 0 saturated carbocycles. The number of rotatable bonds is 7. The lowest BCUT2D eigenvalue weighted by Crippen LogP contribution is -2.43. The molecule has 2 N–H and O–H groups in total. The number of aromatic nitrogens is 1. The van der Waals surface area contributed by atoms with E-state index < -0.39 is 0 Å². The number of pyridine rings is 1. The molecular formula is C20H28ClIN4. The van der Waals surface area contributed by atoms with Crippen LogP contribution in [0, 0.1) is 5.41 Å². The molecule has 0 aliphatic heterocycles. The van der Waals surface area contributed by atoms with Crippen molar-refractivity contribution in [2.75, 3.05) is 20.1 Å². The molecule has 0 unspecified atom stereocenters. The van der Waals surface area contributed by atoms with Gasteiger partial charge in [-0.25, -0.2) is 4.98 Å². The number of aliphatic imine (C=N–C) groups is 1. The Kier molecular flexibility index (Phi) is 9.94. The lowest BCUT2D eigenvalue weighted by Gasteiger charge is -2.26. The van der Waals surface area contributed by atoms with Gasteiger partial charge in [-0.3, -0.25) is 4.99 Å². The number of guanidine groups is 1. The molecule has 142 valence electrons. The van der Waals surface area contributed by atoms with Crippen LogP contribution in [0.25, 0.3) is 0 Å². The number of nitrogens with one attached hydrogen (secondary N) is 2. The van der Waals surface area contributed by atoms with E-state index in [0.717, 1.165) is 37.5 Å². The summed E-state index contributed by atoms with van der Waals surface area (Å²) < 4.78 is 0. The van der Waals surface area contributed by atoms with Crippen molar-refractivity contribution in [2.24, 2.45) is 10.4 Å². The van der Waals surface area contributed by atoms with E-state index in [4.69, 9.17) is 11.6 Å². The molecule has 26 heavy (non-hydrogen) atoms. The van der Waals surface area contributed by atoms with Crippen molar-refractivity contribution in [1.29, 1.82) is 0 Å². The normalized spacial score (nSPS) is 11.6. The van der Waals surface area contributed by atoms with Crippen LogP contribution in [0.4, 0.5) is 0 Å². The van der Waals surface area contributed by atoms with Gasteiger partial charge < -0.3 is 10.6 Å². The Hall–Kier alpha value is -1.34. The van der Waals surface area contributed by atoms with Crippen molar-refractivity contribution >= 4 is 41.5 Å². The van der Waals surface area contributed by atoms with Gasteiger partial charge in [-0.1, -0.05) is 61.8 Å². The molecule has 1 aromatic heterocycles. The summed E-state index contributed by atoms with van der Waals surface area (Å²) in [5.74, 6) is 0.822. The molecule has 2 aromatic rings. The van der Waals surface area contributed by atoms with Gasteiger partial charge in [-0.15, -0.1) is 24.0 Å². The van der Waals surface area contributed by atoms with Gasteiger partial charge in [0.25, 0.3) is 0 Å². The van der Waals surface area contributed by atoms with E-state index in [0.29, 0.717) is 5.15 Å². The number of benzene rings is 1. The Morgan fingerprint density at radius 2 is 1.81 bits per heavy atom. The highest BCUT2D eigenvalue weighted by molar-refractivity contribution is 14.0. The third-order valence-electron chi connectivity index (χ3n) is 3.98. The predicted octanol–water partition coefficient (Wildman–Crippen LogP) is 4.33. The Morgan fingerprint density at radius 3 is 2.42 bits per heavy atom. The van der Waals surface area contributed by atoms with Crippen LogP contribution in [0.1, 0.15) is 25.0 Å². The van der Waals surface area contributed by atoms with E-state index in [1.165, 1.54) is 5.56 Å². The number of hydrogen-bond acceptors (Lipinski definition) is 2. The molecular weight excluding hydrogens is 459 g/mol. The van der Waals surface area contributed by atoms with Gasteiger partial charge in [-0.05, 0) is 35.4 Å². The SMILES string of the molecule is CN=C(NCCc1ccc(Cl)nc1)NCC(C)(C)Cc1ccccc1.I. The smallest absolute Gasteiger partial charge is 0.191 e. The Balaban J connectivity index is 0.00000338. The average molecular weight is 487 g/mol. The zero-order valence-corrected chi connectivity index (χ0v) is 18.7. The first-order valence-electron chi connectivity index (χ1n) is 8.57. The van der Waals surface area contributed by atoms with Crippen molar-refractivity contribution in [3.05, 3.63) is 64.9 Å². The average Bonchev–Trinajstić information content (AvgIpc) is 2.60. The maximum atomic E-state index is 5.80. The van der Waals surface area contributed by atoms with Crippen molar-refractivity contribution in [3.63, 3.8) is 0 Å². The highest BCUT2D eigenvalue weighted by Crippen LogP contribution is 2.20. The largest absolute Gasteiger partial charge is 0.356 e. The summed E-state index contributed by atoms with van der Waals surface area (Å²) in [6.07, 6.45) is 3.70. The van der Waals surface area contributed by atoms with Crippen LogP contribution < -0.4 is 10.6 Å². The molecule has 1 heterocycles. The van der Waals surface area contributed by atoms with Gasteiger partial charge in [0.15, 0.2) is 5.96 Å². The van der Waals surface area contributed by atoms with Gasteiger partial charge in [0.05, 0.1) is 0 Å². The molecule has 1 aromatic carbocycles. The van der Waals surface area contributed by atoms with Crippen molar-refractivity contribution in [1.82, 2.24) is 15.6 Å². The van der Waals surface area contributed by atoms with Crippen LogP contribution in [0.2, 0.25) is 5.15 Å². The molecule has 2 rings (SSSR count). The second-order valence-electron chi connectivity index (χ2n) is 6.92. The maximum Gasteiger partial charge on any atom is 0.191 e. The summed E-state index contributed by atoms with van der Waals surface area (Å²) in [5.41, 5.74) is 2.64. The molecule has 0 atom stereocenters. The molecule has 0 bridgehead atoms. The fourth-order valence-electron chi connectivity index (χ4n) is 2.63. The summed E-state index contributed by atoms with van der Waals surface area (Å²) in [4.78, 5) is 8.40. The standard InChI is InChI=1S/C20H27ClN4.HI/c1-20(2,13-16-7-5-4-6-8-16)15-25-19(22-3)23-12-11-17-9-10-18(21)24-14-17;/h4-10,14H,11-13,15H2,1-3H3,(H2,22,23,25);1H. The molecule has 0 spiro atoms. The second kappa shape index (κ2) is 11.4. The third-order valence-corrected chi connectivity index (χ3v) is 4.20. The summed E-state index contributed by atoms with van der Waals surface area (Å²) in [6, 6.07) is 14.4.